The van der Waals surface area contributed by atoms with Crippen molar-refractivity contribution in [2.75, 3.05) is 13.6 Å². The lowest BCUT2D eigenvalue weighted by Crippen LogP contribution is -2.44. The average Bonchev–Trinajstić information content (AvgIpc) is 2.80. The van der Waals surface area contributed by atoms with Crippen molar-refractivity contribution in [2.45, 2.75) is 57.1 Å². The first-order valence-corrected chi connectivity index (χ1v) is 11.1. The summed E-state index contributed by atoms with van der Waals surface area (Å²) in [7, 11) is 2.05. The van der Waals surface area contributed by atoms with Crippen molar-refractivity contribution < 1.29 is 9.90 Å². The van der Waals surface area contributed by atoms with Gasteiger partial charge in [-0.3, -0.25) is 9.69 Å². The standard InChI is InChI=1S/C27H33NO2/c1-28(22-23-14-6-2-7-15-23)21-13-5-12-20-26(29)27(30,24-16-8-3-9-17-24)25-18-10-4-11-19-25/h2-3,6-9,14-17,25,30H,4,10-12,18-22H2,1H3. The van der Waals surface area contributed by atoms with Gasteiger partial charge in [-0.05, 0) is 36.9 Å². The number of benzene rings is 2. The predicted molar refractivity (Wildman–Crippen MR) is 122 cm³/mol. The number of nitrogens with zero attached hydrogens (tertiary/aromatic N) is 1. The van der Waals surface area contributed by atoms with E-state index in [9.17, 15) is 9.90 Å². The molecule has 1 N–H and O–H groups in total. The predicted octanol–water partition coefficient (Wildman–Crippen LogP) is 4.94. The van der Waals surface area contributed by atoms with Gasteiger partial charge in [0, 0.05) is 19.4 Å². The van der Waals surface area contributed by atoms with Crippen molar-refractivity contribution in [3.05, 3.63) is 71.8 Å². The van der Waals surface area contributed by atoms with E-state index in [2.05, 4.69) is 28.9 Å². The molecule has 0 spiro atoms. The topological polar surface area (TPSA) is 40.5 Å². The Balaban J connectivity index is 1.57. The smallest absolute Gasteiger partial charge is 0.170 e. The van der Waals surface area contributed by atoms with E-state index >= 15 is 0 Å². The molecule has 1 aliphatic carbocycles. The lowest BCUT2D eigenvalue weighted by Gasteiger charge is -2.37. The molecule has 0 radical (unpaired) electrons. The Morgan fingerprint density at radius 1 is 1.00 bits per heavy atom. The molecule has 3 heteroatoms. The van der Waals surface area contributed by atoms with Crippen LogP contribution in [0.4, 0.5) is 0 Å². The monoisotopic (exact) mass is 403 g/mol. The molecule has 1 atom stereocenters. The van der Waals surface area contributed by atoms with Crippen molar-refractivity contribution in [2.24, 2.45) is 5.92 Å². The van der Waals surface area contributed by atoms with Gasteiger partial charge in [0.25, 0.3) is 0 Å². The molecule has 0 saturated heterocycles. The number of Topliss-reactive ketones (excluding diaryl/α,β-unsaturated/α-hetero) is 1. The van der Waals surface area contributed by atoms with Crippen molar-refractivity contribution in [1.82, 2.24) is 4.90 Å². The molecular formula is C27H33NO2. The highest BCUT2D eigenvalue weighted by Crippen LogP contribution is 2.40. The van der Waals surface area contributed by atoms with Crippen molar-refractivity contribution in [3.63, 3.8) is 0 Å². The summed E-state index contributed by atoms with van der Waals surface area (Å²) in [5, 5.41) is 11.6. The third-order valence-electron chi connectivity index (χ3n) is 6.08. The molecule has 2 aromatic carbocycles. The van der Waals surface area contributed by atoms with Crippen molar-refractivity contribution in [3.8, 4) is 11.8 Å². The fourth-order valence-corrected chi connectivity index (χ4v) is 4.43. The molecule has 1 aliphatic rings. The summed E-state index contributed by atoms with van der Waals surface area (Å²) in [6, 6.07) is 19.8. The summed E-state index contributed by atoms with van der Waals surface area (Å²) in [5.74, 6) is 6.22. The van der Waals surface area contributed by atoms with E-state index in [1.54, 1.807) is 0 Å². The Labute approximate surface area is 181 Å². The second-order valence-corrected chi connectivity index (χ2v) is 8.40. The van der Waals surface area contributed by atoms with Gasteiger partial charge in [-0.2, -0.15) is 0 Å². The van der Waals surface area contributed by atoms with Gasteiger partial charge < -0.3 is 5.11 Å². The number of ketones is 1. The second kappa shape index (κ2) is 11.1. The number of hydrogen-bond acceptors (Lipinski definition) is 3. The maximum atomic E-state index is 13.2. The minimum absolute atomic E-state index is 0.00566. The van der Waals surface area contributed by atoms with Crippen LogP contribution in [0.2, 0.25) is 0 Å². The van der Waals surface area contributed by atoms with Crippen LogP contribution in [0.25, 0.3) is 0 Å². The van der Waals surface area contributed by atoms with Crippen LogP contribution in [0.1, 0.15) is 56.1 Å². The summed E-state index contributed by atoms with van der Waals surface area (Å²) >= 11 is 0. The lowest BCUT2D eigenvalue weighted by molar-refractivity contribution is -0.146. The van der Waals surface area contributed by atoms with Crippen LogP contribution in [0.3, 0.4) is 0 Å². The number of carbonyl (C=O) groups excluding carboxylic acids is 1. The van der Waals surface area contributed by atoms with Crippen LogP contribution in [0.5, 0.6) is 0 Å². The fraction of sp³-hybridized carbons (Fsp3) is 0.444. The lowest BCUT2D eigenvalue weighted by atomic mass is 9.70. The molecular weight excluding hydrogens is 370 g/mol. The molecule has 0 aromatic heterocycles. The Morgan fingerprint density at radius 2 is 1.63 bits per heavy atom. The van der Waals surface area contributed by atoms with Crippen LogP contribution in [-0.4, -0.2) is 29.4 Å². The first kappa shape index (κ1) is 22.3. The average molecular weight is 404 g/mol. The van der Waals surface area contributed by atoms with Gasteiger partial charge in [0.05, 0.1) is 6.54 Å². The molecule has 3 nitrogen and oxygen atoms in total. The molecule has 0 heterocycles. The van der Waals surface area contributed by atoms with E-state index in [0.29, 0.717) is 13.0 Å². The molecule has 0 bridgehead atoms. The molecule has 1 saturated carbocycles. The second-order valence-electron chi connectivity index (χ2n) is 8.40. The summed E-state index contributed by atoms with van der Waals surface area (Å²) < 4.78 is 0. The highest BCUT2D eigenvalue weighted by Gasteiger charge is 2.44. The Morgan fingerprint density at radius 3 is 2.30 bits per heavy atom. The molecule has 3 rings (SSSR count). The van der Waals surface area contributed by atoms with Crippen LogP contribution in [0.15, 0.2) is 60.7 Å². The molecule has 0 aliphatic heterocycles. The van der Waals surface area contributed by atoms with E-state index in [1.165, 1.54) is 12.0 Å². The molecule has 1 unspecified atom stereocenters. The highest BCUT2D eigenvalue weighted by atomic mass is 16.3. The third kappa shape index (κ3) is 5.81. The van der Waals surface area contributed by atoms with Gasteiger partial charge in [0.1, 0.15) is 0 Å². The largest absolute Gasteiger partial charge is 0.377 e. The minimum Gasteiger partial charge on any atom is -0.377 e. The third-order valence-corrected chi connectivity index (χ3v) is 6.08. The Hall–Kier alpha value is -2.41. The van der Waals surface area contributed by atoms with Gasteiger partial charge in [-0.25, -0.2) is 0 Å². The molecule has 158 valence electrons. The summed E-state index contributed by atoms with van der Waals surface area (Å²) in [5.41, 5.74) is 0.614. The zero-order valence-corrected chi connectivity index (χ0v) is 18.0. The van der Waals surface area contributed by atoms with Crippen LogP contribution >= 0.6 is 0 Å². The zero-order valence-electron chi connectivity index (χ0n) is 18.0. The van der Waals surface area contributed by atoms with Crippen LogP contribution in [0, 0.1) is 17.8 Å². The SMILES string of the molecule is CN(CC#CCCC(=O)C(O)(c1ccccc1)C1CCCCC1)Cc1ccccc1. The van der Waals surface area contributed by atoms with Crippen LogP contribution in [-0.2, 0) is 16.9 Å². The summed E-state index contributed by atoms with van der Waals surface area (Å²) in [6.07, 6.45) is 5.95. The highest BCUT2D eigenvalue weighted by molar-refractivity contribution is 5.88. The number of rotatable bonds is 8. The normalized spacial score (nSPS) is 16.5. The molecule has 2 aromatic rings. The maximum Gasteiger partial charge on any atom is 0.170 e. The van der Waals surface area contributed by atoms with Crippen molar-refractivity contribution in [1.29, 1.82) is 0 Å². The quantitative estimate of drug-likeness (QED) is 0.635. The Kier molecular flexibility index (Phi) is 8.25. The summed E-state index contributed by atoms with van der Waals surface area (Å²) in [4.78, 5) is 15.3. The molecule has 30 heavy (non-hydrogen) atoms. The molecule has 1 fully saturated rings. The Bertz CT molecular complexity index is 847. The number of aliphatic hydroxyl groups is 1. The maximum absolute atomic E-state index is 13.2. The van der Waals surface area contributed by atoms with E-state index in [1.807, 2.05) is 55.6 Å². The van der Waals surface area contributed by atoms with Gasteiger partial charge >= 0.3 is 0 Å². The first-order valence-electron chi connectivity index (χ1n) is 11.1. The first-order chi connectivity index (χ1) is 14.6. The van der Waals surface area contributed by atoms with E-state index in [-0.39, 0.29) is 18.1 Å². The van der Waals surface area contributed by atoms with Gasteiger partial charge in [-0.15, -0.1) is 5.92 Å². The van der Waals surface area contributed by atoms with E-state index in [4.69, 9.17) is 0 Å². The van der Waals surface area contributed by atoms with Crippen molar-refractivity contribution >= 4 is 5.78 Å². The minimum atomic E-state index is -1.38. The van der Waals surface area contributed by atoms with Crippen LogP contribution < -0.4 is 0 Å². The van der Waals surface area contributed by atoms with E-state index < -0.39 is 5.60 Å². The summed E-state index contributed by atoms with van der Waals surface area (Å²) in [6.45, 7) is 1.51. The zero-order chi connectivity index (χ0) is 21.2. The van der Waals surface area contributed by atoms with Gasteiger partial charge in [0.2, 0.25) is 0 Å². The fourth-order valence-electron chi connectivity index (χ4n) is 4.43. The number of carbonyl (C=O) groups is 1. The molecule has 0 amide bonds. The van der Waals surface area contributed by atoms with Gasteiger partial charge in [0.15, 0.2) is 11.4 Å². The van der Waals surface area contributed by atoms with E-state index in [0.717, 1.165) is 37.8 Å². The van der Waals surface area contributed by atoms with Gasteiger partial charge in [-0.1, -0.05) is 85.8 Å². The number of hydrogen-bond donors (Lipinski definition) is 1.